The normalized spacial score (nSPS) is 33.6. The van der Waals surface area contributed by atoms with Crippen LogP contribution in [-0.4, -0.2) is 11.7 Å². The van der Waals surface area contributed by atoms with Gasteiger partial charge in [-0.15, -0.1) is 0 Å². The summed E-state index contributed by atoms with van der Waals surface area (Å²) < 4.78 is 6.12. The molecule has 0 radical (unpaired) electrons. The Morgan fingerprint density at radius 3 is 2.14 bits per heavy atom. The Balaban J connectivity index is 2.48. The zero-order chi connectivity index (χ0) is 10.6. The summed E-state index contributed by atoms with van der Waals surface area (Å²) in [4.78, 5) is 0. The van der Waals surface area contributed by atoms with Crippen LogP contribution in [0.4, 0.5) is 0 Å². The highest BCUT2D eigenvalue weighted by molar-refractivity contribution is 4.86. The molecule has 0 saturated heterocycles. The number of hydrogen-bond donors (Lipinski definition) is 0. The highest BCUT2D eigenvalue weighted by Crippen LogP contribution is 2.38. The molecule has 1 saturated carbocycles. The quantitative estimate of drug-likeness (QED) is 0.659. The van der Waals surface area contributed by atoms with Crippen LogP contribution in [0.25, 0.3) is 0 Å². The van der Waals surface area contributed by atoms with E-state index in [1.54, 1.807) is 0 Å². The Kier molecular flexibility index (Phi) is 4.43. The Hall–Kier alpha value is -0.0400. The van der Waals surface area contributed by atoms with Gasteiger partial charge in [-0.2, -0.15) is 0 Å². The third kappa shape index (κ3) is 2.98. The highest BCUT2D eigenvalue weighted by atomic mass is 16.5. The van der Waals surface area contributed by atoms with Gasteiger partial charge in [0.05, 0.1) is 11.7 Å². The monoisotopic (exact) mass is 198 g/mol. The van der Waals surface area contributed by atoms with Gasteiger partial charge in [-0.3, -0.25) is 0 Å². The lowest BCUT2D eigenvalue weighted by molar-refractivity contribution is -0.110. The summed E-state index contributed by atoms with van der Waals surface area (Å²) in [6, 6.07) is 0. The Morgan fingerprint density at radius 1 is 1.21 bits per heavy atom. The standard InChI is InChI=1S/C13H26O/c1-5-12-7-9-13(6-2,10-8-12)14-11(3)4/h11-12H,5-10H2,1-4H3. The van der Waals surface area contributed by atoms with Crippen LogP contribution in [0.5, 0.6) is 0 Å². The van der Waals surface area contributed by atoms with Crippen molar-refractivity contribution in [3.8, 4) is 0 Å². The maximum atomic E-state index is 6.12. The largest absolute Gasteiger partial charge is 0.372 e. The van der Waals surface area contributed by atoms with E-state index in [0.717, 1.165) is 5.92 Å². The first-order valence-corrected chi connectivity index (χ1v) is 6.29. The van der Waals surface area contributed by atoms with Gasteiger partial charge in [0.2, 0.25) is 0 Å². The summed E-state index contributed by atoms with van der Waals surface area (Å²) in [5.74, 6) is 0.963. The number of rotatable bonds is 4. The third-order valence-corrected chi connectivity index (χ3v) is 3.72. The number of hydrogen-bond acceptors (Lipinski definition) is 1. The first kappa shape index (κ1) is 12.0. The summed E-state index contributed by atoms with van der Waals surface area (Å²) in [6.07, 6.45) is 8.21. The lowest BCUT2D eigenvalue weighted by Gasteiger charge is -2.40. The predicted molar refractivity (Wildman–Crippen MR) is 61.5 cm³/mol. The molecule has 0 spiro atoms. The number of ether oxygens (including phenoxy) is 1. The van der Waals surface area contributed by atoms with E-state index >= 15 is 0 Å². The van der Waals surface area contributed by atoms with Gasteiger partial charge in [-0.05, 0) is 51.9 Å². The molecule has 1 aliphatic rings. The minimum Gasteiger partial charge on any atom is -0.372 e. The van der Waals surface area contributed by atoms with E-state index < -0.39 is 0 Å². The smallest absolute Gasteiger partial charge is 0.0683 e. The Morgan fingerprint density at radius 2 is 1.79 bits per heavy atom. The molecule has 0 amide bonds. The van der Waals surface area contributed by atoms with Gasteiger partial charge in [0.15, 0.2) is 0 Å². The highest BCUT2D eigenvalue weighted by Gasteiger charge is 2.34. The molecular formula is C13H26O. The molecule has 0 heterocycles. The molecule has 14 heavy (non-hydrogen) atoms. The van der Waals surface area contributed by atoms with E-state index in [-0.39, 0.29) is 5.60 Å². The molecule has 0 N–H and O–H groups in total. The van der Waals surface area contributed by atoms with Crippen LogP contribution in [0.15, 0.2) is 0 Å². The van der Waals surface area contributed by atoms with E-state index in [1.807, 2.05) is 0 Å². The molecule has 1 aliphatic carbocycles. The van der Waals surface area contributed by atoms with Crippen molar-refractivity contribution in [2.24, 2.45) is 5.92 Å². The van der Waals surface area contributed by atoms with Crippen molar-refractivity contribution in [1.82, 2.24) is 0 Å². The van der Waals surface area contributed by atoms with Gasteiger partial charge in [-0.25, -0.2) is 0 Å². The molecule has 84 valence electrons. The molecule has 0 aromatic rings. The molecule has 0 unspecified atom stereocenters. The molecule has 1 nitrogen and oxygen atoms in total. The zero-order valence-corrected chi connectivity index (χ0v) is 10.3. The summed E-state index contributed by atoms with van der Waals surface area (Å²) in [6.45, 7) is 8.90. The summed E-state index contributed by atoms with van der Waals surface area (Å²) in [7, 11) is 0. The Labute approximate surface area is 89.2 Å². The molecule has 1 heteroatoms. The van der Waals surface area contributed by atoms with Crippen LogP contribution >= 0.6 is 0 Å². The molecule has 0 aromatic heterocycles. The maximum absolute atomic E-state index is 6.12. The molecule has 1 rings (SSSR count). The fourth-order valence-electron chi connectivity index (χ4n) is 2.67. The second kappa shape index (κ2) is 5.16. The van der Waals surface area contributed by atoms with Crippen molar-refractivity contribution in [3.63, 3.8) is 0 Å². The second-order valence-corrected chi connectivity index (χ2v) is 5.05. The van der Waals surface area contributed by atoms with E-state index in [9.17, 15) is 0 Å². The van der Waals surface area contributed by atoms with E-state index in [1.165, 1.54) is 38.5 Å². The van der Waals surface area contributed by atoms with E-state index in [2.05, 4.69) is 27.7 Å². The molecule has 0 aliphatic heterocycles. The fourth-order valence-corrected chi connectivity index (χ4v) is 2.67. The predicted octanol–water partition coefficient (Wildman–Crippen LogP) is 4.16. The zero-order valence-electron chi connectivity index (χ0n) is 10.3. The van der Waals surface area contributed by atoms with E-state index in [0.29, 0.717) is 6.10 Å². The Bertz CT molecular complexity index is 155. The average Bonchev–Trinajstić information content (AvgIpc) is 2.18. The molecule has 0 aromatic carbocycles. The lowest BCUT2D eigenvalue weighted by atomic mass is 9.76. The van der Waals surface area contributed by atoms with Crippen LogP contribution in [0.3, 0.4) is 0 Å². The van der Waals surface area contributed by atoms with Gasteiger partial charge in [-0.1, -0.05) is 20.3 Å². The van der Waals surface area contributed by atoms with Crippen molar-refractivity contribution in [2.45, 2.75) is 77.9 Å². The van der Waals surface area contributed by atoms with Crippen LogP contribution in [0, 0.1) is 5.92 Å². The first-order valence-electron chi connectivity index (χ1n) is 6.29. The van der Waals surface area contributed by atoms with Gasteiger partial charge >= 0.3 is 0 Å². The summed E-state index contributed by atoms with van der Waals surface area (Å²) >= 11 is 0. The topological polar surface area (TPSA) is 9.23 Å². The van der Waals surface area contributed by atoms with Gasteiger partial charge in [0, 0.05) is 0 Å². The van der Waals surface area contributed by atoms with Crippen molar-refractivity contribution < 1.29 is 4.74 Å². The van der Waals surface area contributed by atoms with Crippen molar-refractivity contribution in [1.29, 1.82) is 0 Å². The van der Waals surface area contributed by atoms with E-state index in [4.69, 9.17) is 4.74 Å². The van der Waals surface area contributed by atoms with Crippen LogP contribution in [-0.2, 0) is 4.74 Å². The van der Waals surface area contributed by atoms with Crippen LogP contribution in [0.2, 0.25) is 0 Å². The van der Waals surface area contributed by atoms with Gasteiger partial charge in [0.1, 0.15) is 0 Å². The maximum Gasteiger partial charge on any atom is 0.0683 e. The molecule has 0 atom stereocenters. The minimum atomic E-state index is 0.222. The second-order valence-electron chi connectivity index (χ2n) is 5.05. The third-order valence-electron chi connectivity index (χ3n) is 3.72. The molecule has 0 bridgehead atoms. The SMILES string of the molecule is CCC1CCC(CC)(OC(C)C)CC1. The van der Waals surface area contributed by atoms with Gasteiger partial charge < -0.3 is 4.74 Å². The summed E-state index contributed by atoms with van der Waals surface area (Å²) in [5.41, 5.74) is 0.222. The van der Waals surface area contributed by atoms with Crippen molar-refractivity contribution in [3.05, 3.63) is 0 Å². The molecule has 1 fully saturated rings. The van der Waals surface area contributed by atoms with Crippen LogP contribution < -0.4 is 0 Å². The lowest BCUT2D eigenvalue weighted by Crippen LogP contribution is -2.38. The van der Waals surface area contributed by atoms with Crippen molar-refractivity contribution >= 4 is 0 Å². The average molecular weight is 198 g/mol. The van der Waals surface area contributed by atoms with Crippen molar-refractivity contribution in [2.75, 3.05) is 0 Å². The van der Waals surface area contributed by atoms with Gasteiger partial charge in [0.25, 0.3) is 0 Å². The fraction of sp³-hybridized carbons (Fsp3) is 1.00. The molecular weight excluding hydrogens is 172 g/mol. The minimum absolute atomic E-state index is 0.222. The van der Waals surface area contributed by atoms with Crippen LogP contribution in [0.1, 0.15) is 66.2 Å². The first-order chi connectivity index (χ1) is 6.62. The summed E-state index contributed by atoms with van der Waals surface area (Å²) in [5, 5.41) is 0.